The Morgan fingerprint density at radius 1 is 1.29 bits per heavy atom. The maximum absolute atomic E-state index is 11.6. The van der Waals surface area contributed by atoms with E-state index in [0.29, 0.717) is 6.54 Å². The number of benzene rings is 1. The first-order valence-electron chi connectivity index (χ1n) is 9.65. The number of nitrogens with one attached hydrogen (secondary N) is 1. The summed E-state index contributed by atoms with van der Waals surface area (Å²) in [7, 11) is 1.51. The second-order valence-corrected chi connectivity index (χ2v) is 7.03. The van der Waals surface area contributed by atoms with Crippen molar-refractivity contribution in [3.05, 3.63) is 47.5 Å². The van der Waals surface area contributed by atoms with E-state index in [9.17, 15) is 4.79 Å². The van der Waals surface area contributed by atoms with E-state index in [2.05, 4.69) is 51.1 Å². The third-order valence-electron chi connectivity index (χ3n) is 5.08. The average Bonchev–Trinajstić information content (AvgIpc) is 3.26. The maximum atomic E-state index is 11.6. The van der Waals surface area contributed by atoms with Gasteiger partial charge in [0.25, 0.3) is 0 Å². The number of carbonyl (C=O) groups excluding carboxylic acids is 1. The molecule has 1 aliphatic rings. The fourth-order valence-corrected chi connectivity index (χ4v) is 3.77. The molecule has 0 saturated carbocycles. The number of rotatable bonds is 7. The lowest BCUT2D eigenvalue weighted by Gasteiger charge is -2.27. The van der Waals surface area contributed by atoms with Crippen molar-refractivity contribution < 1.29 is 9.53 Å². The normalized spacial score (nSPS) is 14.4. The predicted octanol–water partition coefficient (Wildman–Crippen LogP) is 1.53. The monoisotopic (exact) mass is 382 g/mol. The van der Waals surface area contributed by atoms with Crippen molar-refractivity contribution in [2.45, 2.75) is 39.6 Å². The summed E-state index contributed by atoms with van der Waals surface area (Å²) in [5.41, 5.74) is 4.29. The van der Waals surface area contributed by atoms with Crippen molar-refractivity contribution in [3.8, 4) is 0 Å². The van der Waals surface area contributed by atoms with Crippen LogP contribution in [-0.4, -0.2) is 50.4 Å². The van der Waals surface area contributed by atoms with Crippen LogP contribution in [0, 0.1) is 0 Å². The highest BCUT2D eigenvalue weighted by Gasteiger charge is 2.21. The molecule has 1 amide bonds. The third-order valence-corrected chi connectivity index (χ3v) is 5.08. The molecule has 28 heavy (non-hydrogen) atoms. The van der Waals surface area contributed by atoms with Crippen LogP contribution < -0.4 is 5.32 Å². The Morgan fingerprint density at radius 3 is 2.96 bits per heavy atom. The number of fused-ring (bicyclic) bond motifs is 2. The van der Waals surface area contributed by atoms with E-state index in [1.807, 2.05) is 10.7 Å². The van der Waals surface area contributed by atoms with Gasteiger partial charge in [0, 0.05) is 26.7 Å². The Bertz CT molecular complexity index is 976. The standard InChI is InChI=1S/C20H26N6O2/c1-3-25-18-7-5-4-6-17(18)22-19(25)13-24-8-9-26-16(12-24)10-15(23-26)11-21-20(27)14-28-2/h4-7,10H,3,8-9,11-14H2,1-2H3,(H,21,27). The molecule has 0 aliphatic carbocycles. The number of aryl methyl sites for hydroxylation is 1. The molecule has 2 aromatic heterocycles. The molecule has 0 atom stereocenters. The van der Waals surface area contributed by atoms with Crippen molar-refractivity contribution in [1.29, 1.82) is 0 Å². The second-order valence-electron chi connectivity index (χ2n) is 7.03. The molecule has 1 aromatic carbocycles. The molecule has 1 N–H and O–H groups in total. The summed E-state index contributed by atoms with van der Waals surface area (Å²) in [5.74, 6) is 0.970. The van der Waals surface area contributed by atoms with Crippen LogP contribution in [0.4, 0.5) is 0 Å². The first kappa shape index (κ1) is 18.6. The van der Waals surface area contributed by atoms with Gasteiger partial charge >= 0.3 is 0 Å². The summed E-state index contributed by atoms with van der Waals surface area (Å²) in [5, 5.41) is 7.43. The largest absolute Gasteiger partial charge is 0.375 e. The second kappa shape index (κ2) is 8.12. The minimum Gasteiger partial charge on any atom is -0.375 e. The summed E-state index contributed by atoms with van der Waals surface area (Å²) in [6.45, 7) is 6.97. The van der Waals surface area contributed by atoms with E-state index in [1.165, 1.54) is 18.3 Å². The first-order valence-corrected chi connectivity index (χ1v) is 9.65. The van der Waals surface area contributed by atoms with Gasteiger partial charge < -0.3 is 14.6 Å². The molecule has 4 rings (SSSR count). The summed E-state index contributed by atoms with van der Waals surface area (Å²) >= 11 is 0. The van der Waals surface area contributed by atoms with Crippen molar-refractivity contribution in [3.63, 3.8) is 0 Å². The fourth-order valence-electron chi connectivity index (χ4n) is 3.77. The van der Waals surface area contributed by atoms with Gasteiger partial charge in [-0.2, -0.15) is 5.10 Å². The van der Waals surface area contributed by atoms with E-state index in [1.54, 1.807) is 0 Å². The SMILES string of the molecule is CCn1c(CN2CCn3nc(CNC(=O)COC)cc3C2)nc2ccccc21. The molecule has 3 heterocycles. The molecule has 0 radical (unpaired) electrons. The van der Waals surface area contributed by atoms with Crippen LogP contribution >= 0.6 is 0 Å². The molecule has 0 unspecified atom stereocenters. The van der Waals surface area contributed by atoms with E-state index < -0.39 is 0 Å². The van der Waals surface area contributed by atoms with Gasteiger partial charge in [0.15, 0.2) is 0 Å². The van der Waals surface area contributed by atoms with Crippen molar-refractivity contribution >= 4 is 16.9 Å². The number of nitrogens with zero attached hydrogens (tertiary/aromatic N) is 5. The van der Waals surface area contributed by atoms with Crippen LogP contribution in [0.25, 0.3) is 11.0 Å². The number of hydrogen-bond acceptors (Lipinski definition) is 5. The van der Waals surface area contributed by atoms with Gasteiger partial charge in [-0.15, -0.1) is 0 Å². The minimum atomic E-state index is -0.131. The van der Waals surface area contributed by atoms with Crippen LogP contribution in [0.1, 0.15) is 24.1 Å². The molecule has 1 aliphatic heterocycles. The molecule has 0 spiro atoms. The lowest BCUT2D eigenvalue weighted by molar-refractivity contribution is -0.124. The number of carbonyl (C=O) groups is 1. The van der Waals surface area contributed by atoms with Crippen LogP contribution in [0.3, 0.4) is 0 Å². The van der Waals surface area contributed by atoms with Gasteiger partial charge in [0.05, 0.1) is 42.1 Å². The number of hydrogen-bond donors (Lipinski definition) is 1. The zero-order valence-electron chi connectivity index (χ0n) is 16.4. The van der Waals surface area contributed by atoms with Gasteiger partial charge in [-0.25, -0.2) is 4.98 Å². The third kappa shape index (κ3) is 3.79. The highest BCUT2D eigenvalue weighted by atomic mass is 16.5. The van der Waals surface area contributed by atoms with Gasteiger partial charge in [0.1, 0.15) is 12.4 Å². The Labute approximate surface area is 164 Å². The van der Waals surface area contributed by atoms with E-state index >= 15 is 0 Å². The maximum Gasteiger partial charge on any atom is 0.246 e. The first-order chi connectivity index (χ1) is 13.7. The molecule has 3 aromatic rings. The van der Waals surface area contributed by atoms with Gasteiger partial charge in [0.2, 0.25) is 5.91 Å². The molecule has 0 saturated heterocycles. The Kier molecular flexibility index (Phi) is 5.40. The molecule has 8 heteroatoms. The number of methoxy groups -OCH3 is 1. The lowest BCUT2D eigenvalue weighted by atomic mass is 10.2. The van der Waals surface area contributed by atoms with Crippen molar-refractivity contribution in [2.24, 2.45) is 0 Å². The molecule has 0 fully saturated rings. The number of ether oxygens (including phenoxy) is 1. The summed E-state index contributed by atoms with van der Waals surface area (Å²) in [6.07, 6.45) is 0. The summed E-state index contributed by atoms with van der Waals surface area (Å²) in [4.78, 5) is 18.8. The van der Waals surface area contributed by atoms with Crippen molar-refractivity contribution in [2.75, 3.05) is 20.3 Å². The van der Waals surface area contributed by atoms with E-state index in [0.717, 1.165) is 49.8 Å². The average molecular weight is 382 g/mol. The van der Waals surface area contributed by atoms with Gasteiger partial charge in [-0.05, 0) is 25.1 Å². The number of aromatic nitrogens is 4. The number of amides is 1. The molecular formula is C20H26N6O2. The smallest absolute Gasteiger partial charge is 0.246 e. The predicted molar refractivity (Wildman–Crippen MR) is 105 cm³/mol. The number of imidazole rings is 1. The Morgan fingerprint density at radius 2 is 2.14 bits per heavy atom. The lowest BCUT2D eigenvalue weighted by Crippen LogP contribution is -2.34. The Balaban J connectivity index is 1.44. The highest BCUT2D eigenvalue weighted by molar-refractivity contribution is 5.77. The van der Waals surface area contributed by atoms with Crippen molar-refractivity contribution in [1.82, 2.24) is 29.5 Å². The highest BCUT2D eigenvalue weighted by Crippen LogP contribution is 2.20. The molecule has 0 bridgehead atoms. The van der Waals surface area contributed by atoms with Gasteiger partial charge in [-0.1, -0.05) is 12.1 Å². The summed E-state index contributed by atoms with van der Waals surface area (Å²) in [6, 6.07) is 10.4. The van der Waals surface area contributed by atoms with E-state index in [4.69, 9.17) is 9.72 Å². The van der Waals surface area contributed by atoms with Gasteiger partial charge in [-0.3, -0.25) is 14.4 Å². The van der Waals surface area contributed by atoms with E-state index in [-0.39, 0.29) is 12.5 Å². The summed E-state index contributed by atoms with van der Waals surface area (Å²) < 4.78 is 9.16. The zero-order chi connectivity index (χ0) is 19.5. The van der Waals surface area contributed by atoms with Crippen LogP contribution in [0.2, 0.25) is 0 Å². The van der Waals surface area contributed by atoms with Crippen LogP contribution in [-0.2, 0) is 42.3 Å². The Hall–Kier alpha value is -2.71. The minimum absolute atomic E-state index is 0.0692. The zero-order valence-corrected chi connectivity index (χ0v) is 16.4. The van der Waals surface area contributed by atoms with Crippen LogP contribution in [0.5, 0.6) is 0 Å². The quantitative estimate of drug-likeness (QED) is 0.671. The topological polar surface area (TPSA) is 77.2 Å². The molecular weight excluding hydrogens is 356 g/mol. The number of para-hydroxylation sites is 2. The van der Waals surface area contributed by atoms with Crippen LogP contribution in [0.15, 0.2) is 30.3 Å². The molecule has 8 nitrogen and oxygen atoms in total. The fraction of sp³-hybridized carbons (Fsp3) is 0.450. The molecule has 148 valence electrons.